The Balaban J connectivity index is 1.73. The zero-order chi connectivity index (χ0) is 14.2. The van der Waals surface area contributed by atoms with Crippen LogP contribution in [0.5, 0.6) is 0 Å². The minimum absolute atomic E-state index is 0.170. The maximum atomic E-state index is 11.2. The number of fused-ring (bicyclic) bond motifs is 1. The summed E-state index contributed by atoms with van der Waals surface area (Å²) in [5, 5.41) is 11.2. The van der Waals surface area contributed by atoms with Gasteiger partial charge in [-0.05, 0) is 31.6 Å². The maximum Gasteiger partial charge on any atom is 0.127 e. The SMILES string of the molecule is COC1CCC2N=C(N)C(O)(CC3CCCCC3)C2C1. The van der Waals surface area contributed by atoms with Crippen LogP contribution in [0.1, 0.15) is 57.8 Å². The van der Waals surface area contributed by atoms with Crippen molar-refractivity contribution in [2.45, 2.75) is 75.5 Å². The molecule has 114 valence electrons. The first-order chi connectivity index (χ1) is 9.63. The van der Waals surface area contributed by atoms with Gasteiger partial charge in [-0.1, -0.05) is 32.1 Å². The normalized spacial score (nSPS) is 42.3. The van der Waals surface area contributed by atoms with Gasteiger partial charge >= 0.3 is 0 Å². The minimum atomic E-state index is -0.871. The molecule has 4 atom stereocenters. The Morgan fingerprint density at radius 3 is 2.70 bits per heavy atom. The summed E-state index contributed by atoms with van der Waals surface area (Å²) in [7, 11) is 1.77. The van der Waals surface area contributed by atoms with Crippen molar-refractivity contribution in [3.05, 3.63) is 0 Å². The van der Waals surface area contributed by atoms with Crippen molar-refractivity contribution < 1.29 is 9.84 Å². The molecule has 20 heavy (non-hydrogen) atoms. The summed E-state index contributed by atoms with van der Waals surface area (Å²) >= 11 is 0. The molecule has 3 aliphatic rings. The van der Waals surface area contributed by atoms with Gasteiger partial charge < -0.3 is 15.6 Å². The van der Waals surface area contributed by atoms with Crippen LogP contribution in [0.3, 0.4) is 0 Å². The van der Waals surface area contributed by atoms with E-state index in [1.54, 1.807) is 7.11 Å². The average Bonchev–Trinajstić information content (AvgIpc) is 2.71. The highest BCUT2D eigenvalue weighted by molar-refractivity contribution is 5.91. The summed E-state index contributed by atoms with van der Waals surface area (Å²) < 4.78 is 5.52. The zero-order valence-corrected chi connectivity index (χ0v) is 12.6. The Morgan fingerprint density at radius 1 is 1.25 bits per heavy atom. The van der Waals surface area contributed by atoms with Crippen LogP contribution in [0.15, 0.2) is 4.99 Å². The molecule has 4 unspecified atom stereocenters. The van der Waals surface area contributed by atoms with Gasteiger partial charge in [0.2, 0.25) is 0 Å². The fourth-order valence-electron chi connectivity index (χ4n) is 4.57. The second kappa shape index (κ2) is 5.64. The van der Waals surface area contributed by atoms with E-state index in [9.17, 15) is 5.11 Å². The van der Waals surface area contributed by atoms with E-state index >= 15 is 0 Å². The van der Waals surface area contributed by atoms with Crippen molar-refractivity contribution in [2.24, 2.45) is 22.6 Å². The van der Waals surface area contributed by atoms with E-state index in [0.717, 1.165) is 25.7 Å². The van der Waals surface area contributed by atoms with E-state index in [-0.39, 0.29) is 18.1 Å². The number of ether oxygens (including phenoxy) is 1. The van der Waals surface area contributed by atoms with E-state index in [1.165, 1.54) is 32.1 Å². The number of nitrogens with zero attached hydrogens (tertiary/aromatic N) is 1. The van der Waals surface area contributed by atoms with Gasteiger partial charge in [0.25, 0.3) is 0 Å². The second-order valence-electron chi connectivity index (χ2n) is 6.99. The van der Waals surface area contributed by atoms with Gasteiger partial charge in [-0.15, -0.1) is 0 Å². The van der Waals surface area contributed by atoms with E-state index in [4.69, 9.17) is 10.5 Å². The highest BCUT2D eigenvalue weighted by Gasteiger charge is 2.52. The molecular formula is C16H28N2O2. The molecule has 0 bridgehead atoms. The van der Waals surface area contributed by atoms with Crippen molar-refractivity contribution >= 4 is 5.84 Å². The fraction of sp³-hybridized carbons (Fsp3) is 0.938. The molecule has 0 aromatic carbocycles. The zero-order valence-electron chi connectivity index (χ0n) is 12.6. The molecule has 3 rings (SSSR count). The predicted octanol–water partition coefficient (Wildman–Crippen LogP) is 2.24. The van der Waals surface area contributed by atoms with Crippen LogP contribution in [0.4, 0.5) is 0 Å². The lowest BCUT2D eigenvalue weighted by Crippen LogP contribution is -2.51. The van der Waals surface area contributed by atoms with Crippen LogP contribution in [0.25, 0.3) is 0 Å². The Hall–Kier alpha value is -0.610. The molecule has 0 spiro atoms. The van der Waals surface area contributed by atoms with Gasteiger partial charge in [-0.25, -0.2) is 0 Å². The van der Waals surface area contributed by atoms with Crippen LogP contribution in [0, 0.1) is 11.8 Å². The molecule has 0 amide bonds. The lowest BCUT2D eigenvalue weighted by atomic mass is 9.69. The number of rotatable bonds is 3. The third kappa shape index (κ3) is 2.48. The number of amidine groups is 1. The van der Waals surface area contributed by atoms with Crippen LogP contribution >= 0.6 is 0 Å². The fourth-order valence-corrected chi connectivity index (χ4v) is 4.57. The number of hydrogen-bond donors (Lipinski definition) is 2. The van der Waals surface area contributed by atoms with Crippen molar-refractivity contribution in [2.75, 3.05) is 7.11 Å². The largest absolute Gasteiger partial charge is 0.385 e. The highest BCUT2D eigenvalue weighted by Crippen LogP contribution is 2.45. The predicted molar refractivity (Wildman–Crippen MR) is 79.7 cm³/mol. The summed E-state index contributed by atoms with van der Waals surface area (Å²) in [5.41, 5.74) is 5.27. The smallest absolute Gasteiger partial charge is 0.127 e. The Labute approximate surface area is 121 Å². The molecule has 4 heteroatoms. The van der Waals surface area contributed by atoms with Gasteiger partial charge in [0.15, 0.2) is 0 Å². The topological polar surface area (TPSA) is 67.8 Å². The molecule has 0 aromatic heterocycles. The molecule has 1 aliphatic heterocycles. The molecule has 2 aliphatic carbocycles. The lowest BCUT2D eigenvalue weighted by Gasteiger charge is -2.40. The summed E-state index contributed by atoms with van der Waals surface area (Å²) in [4.78, 5) is 4.59. The Bertz CT molecular complexity index is 379. The lowest BCUT2D eigenvalue weighted by molar-refractivity contribution is -0.0326. The first-order valence-corrected chi connectivity index (χ1v) is 8.22. The van der Waals surface area contributed by atoms with Crippen LogP contribution in [-0.4, -0.2) is 35.8 Å². The van der Waals surface area contributed by atoms with Crippen molar-refractivity contribution in [1.82, 2.24) is 0 Å². The third-order valence-electron chi connectivity index (χ3n) is 5.79. The summed E-state index contributed by atoms with van der Waals surface area (Å²) in [6.45, 7) is 0. The van der Waals surface area contributed by atoms with Crippen molar-refractivity contribution in [3.8, 4) is 0 Å². The first-order valence-electron chi connectivity index (χ1n) is 8.22. The maximum absolute atomic E-state index is 11.2. The first kappa shape index (κ1) is 14.3. The van der Waals surface area contributed by atoms with E-state index in [2.05, 4.69) is 4.99 Å². The average molecular weight is 280 g/mol. The van der Waals surface area contributed by atoms with E-state index in [1.807, 2.05) is 0 Å². The van der Waals surface area contributed by atoms with Gasteiger partial charge in [0.1, 0.15) is 11.4 Å². The Morgan fingerprint density at radius 2 is 2.00 bits per heavy atom. The van der Waals surface area contributed by atoms with Gasteiger partial charge in [-0.3, -0.25) is 4.99 Å². The number of aliphatic hydroxyl groups is 1. The minimum Gasteiger partial charge on any atom is -0.385 e. The van der Waals surface area contributed by atoms with Crippen LogP contribution in [-0.2, 0) is 4.74 Å². The standard InChI is InChI=1S/C16H28N2O2/c1-20-12-7-8-14-13(9-12)16(19,15(17)18-14)10-11-5-3-2-4-6-11/h11-14,19H,2-10H2,1H3,(H2,17,18). The van der Waals surface area contributed by atoms with Crippen molar-refractivity contribution in [1.29, 1.82) is 0 Å². The molecular weight excluding hydrogens is 252 g/mol. The number of methoxy groups -OCH3 is 1. The third-order valence-corrected chi connectivity index (χ3v) is 5.79. The van der Waals surface area contributed by atoms with Gasteiger partial charge in [0.05, 0.1) is 12.1 Å². The van der Waals surface area contributed by atoms with E-state index < -0.39 is 5.60 Å². The number of nitrogens with two attached hydrogens (primary N) is 1. The molecule has 3 N–H and O–H groups in total. The molecule has 0 aromatic rings. The van der Waals surface area contributed by atoms with E-state index in [0.29, 0.717) is 11.8 Å². The summed E-state index contributed by atoms with van der Waals surface area (Å²) in [6, 6.07) is 0.218. The Kier molecular flexibility index (Phi) is 4.04. The number of aliphatic imine (C=N–C) groups is 1. The molecule has 4 nitrogen and oxygen atoms in total. The van der Waals surface area contributed by atoms with Gasteiger partial charge in [0, 0.05) is 13.0 Å². The van der Waals surface area contributed by atoms with Gasteiger partial charge in [-0.2, -0.15) is 0 Å². The van der Waals surface area contributed by atoms with Crippen molar-refractivity contribution in [3.63, 3.8) is 0 Å². The molecule has 2 saturated carbocycles. The summed E-state index contributed by atoms with van der Waals surface area (Å²) in [5.74, 6) is 1.28. The molecule has 1 heterocycles. The quantitative estimate of drug-likeness (QED) is 0.833. The summed E-state index contributed by atoms with van der Waals surface area (Å²) in [6.07, 6.45) is 10.4. The second-order valence-corrected chi connectivity index (χ2v) is 6.99. The highest BCUT2D eigenvalue weighted by atomic mass is 16.5. The monoisotopic (exact) mass is 280 g/mol. The molecule has 2 fully saturated rings. The van der Waals surface area contributed by atoms with Crippen LogP contribution in [0.2, 0.25) is 0 Å². The van der Waals surface area contributed by atoms with Crippen LogP contribution < -0.4 is 5.73 Å². The number of hydrogen-bond acceptors (Lipinski definition) is 4. The molecule has 0 saturated heterocycles. The molecule has 0 radical (unpaired) electrons.